The van der Waals surface area contributed by atoms with E-state index in [0.29, 0.717) is 11.5 Å². The monoisotopic (exact) mass is 182 g/mol. The topological polar surface area (TPSA) is 29.3 Å². The molecule has 76 valence electrons. The summed E-state index contributed by atoms with van der Waals surface area (Å²) >= 11 is 0. The van der Waals surface area contributed by atoms with E-state index in [1.807, 2.05) is 0 Å². The van der Waals surface area contributed by atoms with Crippen LogP contribution in [0.1, 0.15) is 33.1 Å². The molecular weight excluding hydrogens is 160 g/mol. The molecule has 1 heterocycles. The molecular formula is C11H22N2. The van der Waals surface area contributed by atoms with Gasteiger partial charge in [-0.25, -0.2) is 0 Å². The maximum atomic E-state index is 6.08. The summed E-state index contributed by atoms with van der Waals surface area (Å²) in [6, 6.07) is 0.381. The molecule has 0 radical (unpaired) electrons. The molecule has 2 heteroatoms. The van der Waals surface area contributed by atoms with E-state index in [-0.39, 0.29) is 0 Å². The Kier molecular flexibility index (Phi) is 2.37. The van der Waals surface area contributed by atoms with Crippen LogP contribution in [0.5, 0.6) is 0 Å². The Morgan fingerprint density at radius 2 is 2.08 bits per heavy atom. The second-order valence-electron chi connectivity index (χ2n) is 5.56. The van der Waals surface area contributed by atoms with Crippen molar-refractivity contribution in [3.63, 3.8) is 0 Å². The maximum Gasteiger partial charge on any atom is 0.0232 e. The van der Waals surface area contributed by atoms with Crippen LogP contribution in [0.15, 0.2) is 0 Å². The number of likely N-dealkylation sites (tertiary alicyclic amines) is 1. The third-order valence-electron chi connectivity index (χ3n) is 3.64. The van der Waals surface area contributed by atoms with Crippen LogP contribution in [0.25, 0.3) is 0 Å². The van der Waals surface area contributed by atoms with Gasteiger partial charge in [-0.3, -0.25) is 0 Å². The van der Waals surface area contributed by atoms with E-state index in [1.165, 1.54) is 32.4 Å². The molecule has 0 amide bonds. The summed E-state index contributed by atoms with van der Waals surface area (Å²) in [4.78, 5) is 2.54. The zero-order valence-electron chi connectivity index (χ0n) is 8.92. The third kappa shape index (κ3) is 2.23. The first-order valence-electron chi connectivity index (χ1n) is 5.56. The second-order valence-corrected chi connectivity index (χ2v) is 5.56. The van der Waals surface area contributed by atoms with E-state index < -0.39 is 0 Å². The third-order valence-corrected chi connectivity index (χ3v) is 3.64. The van der Waals surface area contributed by atoms with Crippen molar-refractivity contribution in [1.29, 1.82) is 0 Å². The molecule has 1 atom stereocenters. The Morgan fingerprint density at radius 3 is 2.54 bits per heavy atom. The number of nitrogens with zero attached hydrogens (tertiary/aromatic N) is 1. The minimum Gasteiger partial charge on any atom is -0.326 e. The molecule has 0 bridgehead atoms. The fourth-order valence-electron chi connectivity index (χ4n) is 2.23. The summed E-state index contributed by atoms with van der Waals surface area (Å²) in [6.45, 7) is 8.16. The summed E-state index contributed by atoms with van der Waals surface area (Å²) in [5.74, 6) is 1.06. The lowest BCUT2D eigenvalue weighted by molar-refractivity contribution is 0.281. The molecule has 2 aliphatic rings. The molecule has 0 spiro atoms. The van der Waals surface area contributed by atoms with Gasteiger partial charge in [-0.05, 0) is 24.3 Å². The van der Waals surface area contributed by atoms with Gasteiger partial charge in [-0.1, -0.05) is 26.7 Å². The lowest BCUT2D eigenvalue weighted by Gasteiger charge is -2.22. The standard InChI is InChI=1S/C11H22N2/c1-11(2)8-13(7-10(11)12)6-5-9-3-4-9/h9-10H,3-8,12H2,1-2H3. The maximum absolute atomic E-state index is 6.08. The summed E-state index contributed by atoms with van der Waals surface area (Å²) in [6.07, 6.45) is 4.36. The zero-order valence-corrected chi connectivity index (χ0v) is 8.92. The Morgan fingerprint density at radius 1 is 1.38 bits per heavy atom. The fourth-order valence-corrected chi connectivity index (χ4v) is 2.23. The van der Waals surface area contributed by atoms with Crippen LogP contribution in [-0.2, 0) is 0 Å². The Hall–Kier alpha value is -0.0800. The highest BCUT2D eigenvalue weighted by Gasteiger charge is 2.36. The van der Waals surface area contributed by atoms with Gasteiger partial charge in [0.1, 0.15) is 0 Å². The van der Waals surface area contributed by atoms with Gasteiger partial charge in [0.15, 0.2) is 0 Å². The summed E-state index contributed by atoms with van der Waals surface area (Å²) < 4.78 is 0. The molecule has 1 saturated heterocycles. The quantitative estimate of drug-likeness (QED) is 0.716. The number of rotatable bonds is 3. The Balaban J connectivity index is 1.76. The average Bonchev–Trinajstić information content (AvgIpc) is 2.78. The highest BCUT2D eigenvalue weighted by atomic mass is 15.2. The first-order chi connectivity index (χ1) is 6.08. The largest absolute Gasteiger partial charge is 0.326 e. The van der Waals surface area contributed by atoms with Crippen LogP contribution < -0.4 is 5.73 Å². The van der Waals surface area contributed by atoms with Gasteiger partial charge in [-0.15, -0.1) is 0 Å². The van der Waals surface area contributed by atoms with E-state index in [1.54, 1.807) is 0 Å². The van der Waals surface area contributed by atoms with Gasteiger partial charge >= 0.3 is 0 Å². The molecule has 1 aliphatic carbocycles. The zero-order chi connectivity index (χ0) is 9.47. The molecule has 1 aliphatic heterocycles. The number of hydrogen-bond acceptors (Lipinski definition) is 2. The number of nitrogens with two attached hydrogens (primary N) is 1. The minimum absolute atomic E-state index is 0.337. The molecule has 0 aromatic rings. The Labute approximate surface area is 81.5 Å². The van der Waals surface area contributed by atoms with Gasteiger partial charge < -0.3 is 10.6 Å². The highest BCUT2D eigenvalue weighted by molar-refractivity contribution is 4.93. The van der Waals surface area contributed by atoms with Crippen molar-refractivity contribution in [3.05, 3.63) is 0 Å². The summed E-state index contributed by atoms with van der Waals surface area (Å²) in [7, 11) is 0. The van der Waals surface area contributed by atoms with Crippen molar-refractivity contribution in [1.82, 2.24) is 4.90 Å². The molecule has 2 rings (SSSR count). The van der Waals surface area contributed by atoms with Crippen LogP contribution >= 0.6 is 0 Å². The molecule has 13 heavy (non-hydrogen) atoms. The van der Waals surface area contributed by atoms with Crippen molar-refractivity contribution >= 4 is 0 Å². The van der Waals surface area contributed by atoms with E-state index in [4.69, 9.17) is 5.73 Å². The van der Waals surface area contributed by atoms with Gasteiger partial charge in [0, 0.05) is 19.1 Å². The second kappa shape index (κ2) is 3.25. The SMILES string of the molecule is CC1(C)CN(CCC2CC2)CC1N. The van der Waals surface area contributed by atoms with Gasteiger partial charge in [-0.2, -0.15) is 0 Å². The van der Waals surface area contributed by atoms with E-state index in [0.717, 1.165) is 12.5 Å². The fraction of sp³-hybridized carbons (Fsp3) is 1.00. The molecule has 1 unspecified atom stereocenters. The van der Waals surface area contributed by atoms with Crippen LogP contribution in [-0.4, -0.2) is 30.6 Å². The van der Waals surface area contributed by atoms with Crippen LogP contribution in [0.3, 0.4) is 0 Å². The molecule has 1 saturated carbocycles. The van der Waals surface area contributed by atoms with Gasteiger partial charge in [0.05, 0.1) is 0 Å². The van der Waals surface area contributed by atoms with Crippen molar-refractivity contribution in [2.24, 2.45) is 17.1 Å². The van der Waals surface area contributed by atoms with Crippen molar-refractivity contribution in [2.75, 3.05) is 19.6 Å². The molecule has 2 nitrogen and oxygen atoms in total. The van der Waals surface area contributed by atoms with Crippen molar-refractivity contribution in [3.8, 4) is 0 Å². The highest BCUT2D eigenvalue weighted by Crippen LogP contribution is 2.34. The van der Waals surface area contributed by atoms with Crippen LogP contribution in [0.4, 0.5) is 0 Å². The van der Waals surface area contributed by atoms with E-state index in [2.05, 4.69) is 18.7 Å². The van der Waals surface area contributed by atoms with Crippen molar-refractivity contribution in [2.45, 2.75) is 39.2 Å². The van der Waals surface area contributed by atoms with Gasteiger partial charge in [0.25, 0.3) is 0 Å². The lowest BCUT2D eigenvalue weighted by atomic mass is 9.89. The minimum atomic E-state index is 0.337. The van der Waals surface area contributed by atoms with Crippen molar-refractivity contribution < 1.29 is 0 Å². The first kappa shape index (κ1) is 9.47. The summed E-state index contributed by atoms with van der Waals surface area (Å²) in [5.41, 5.74) is 6.42. The molecule has 2 fully saturated rings. The average molecular weight is 182 g/mol. The molecule has 0 aromatic heterocycles. The first-order valence-corrected chi connectivity index (χ1v) is 5.56. The summed E-state index contributed by atoms with van der Waals surface area (Å²) in [5, 5.41) is 0. The molecule has 2 N–H and O–H groups in total. The molecule has 0 aromatic carbocycles. The van der Waals surface area contributed by atoms with E-state index >= 15 is 0 Å². The smallest absolute Gasteiger partial charge is 0.0232 e. The normalized spacial score (nSPS) is 33.9. The predicted molar refractivity (Wildman–Crippen MR) is 55.5 cm³/mol. The predicted octanol–water partition coefficient (Wildman–Crippen LogP) is 1.46. The lowest BCUT2D eigenvalue weighted by Crippen LogP contribution is -2.35. The Bertz CT molecular complexity index is 185. The van der Waals surface area contributed by atoms with Crippen LogP contribution in [0, 0.1) is 11.3 Å². The number of hydrogen-bond donors (Lipinski definition) is 1. The van der Waals surface area contributed by atoms with E-state index in [9.17, 15) is 0 Å². The van der Waals surface area contributed by atoms with Gasteiger partial charge in [0.2, 0.25) is 0 Å². The van der Waals surface area contributed by atoms with Crippen LogP contribution in [0.2, 0.25) is 0 Å².